The van der Waals surface area contributed by atoms with Crippen LogP contribution < -0.4 is 11.1 Å². The number of primary amides is 1. The third-order valence-electron chi connectivity index (χ3n) is 2.73. The summed E-state index contributed by atoms with van der Waals surface area (Å²) in [7, 11) is 0. The topological polar surface area (TPSA) is 92.4 Å². The molecule has 0 fully saturated rings. The highest BCUT2D eigenvalue weighted by Gasteiger charge is 2.12. The van der Waals surface area contributed by atoms with Crippen molar-refractivity contribution in [2.24, 2.45) is 5.73 Å². The minimum Gasteiger partial charge on any atom is -0.478 e. The third kappa shape index (κ3) is 3.45. The van der Waals surface area contributed by atoms with Gasteiger partial charge in [0.1, 0.15) is 0 Å². The number of aromatic carboxylic acids is 1. The van der Waals surface area contributed by atoms with Crippen LogP contribution in [0.3, 0.4) is 0 Å². The zero-order valence-electron chi connectivity index (χ0n) is 10.6. The van der Waals surface area contributed by atoms with Crippen molar-refractivity contribution in [1.29, 1.82) is 0 Å². The molecule has 21 heavy (non-hydrogen) atoms. The fourth-order valence-electron chi connectivity index (χ4n) is 1.76. The van der Waals surface area contributed by atoms with Crippen LogP contribution in [-0.4, -0.2) is 17.0 Å². The Kier molecular flexibility index (Phi) is 4.35. The van der Waals surface area contributed by atoms with E-state index in [1.54, 1.807) is 12.1 Å². The molecule has 0 heterocycles. The predicted octanol–water partition coefficient (Wildman–Crippen LogP) is 3.53. The molecule has 0 aliphatic rings. The van der Waals surface area contributed by atoms with Crippen molar-refractivity contribution in [3.8, 4) is 0 Å². The van der Waals surface area contributed by atoms with Crippen LogP contribution in [0.5, 0.6) is 0 Å². The van der Waals surface area contributed by atoms with E-state index >= 15 is 0 Å². The van der Waals surface area contributed by atoms with Crippen LogP contribution in [0.2, 0.25) is 10.0 Å². The van der Waals surface area contributed by atoms with E-state index in [9.17, 15) is 9.59 Å². The molecule has 1 amide bonds. The lowest BCUT2D eigenvalue weighted by atomic mass is 10.1. The number of amides is 1. The van der Waals surface area contributed by atoms with Gasteiger partial charge in [-0.2, -0.15) is 0 Å². The highest BCUT2D eigenvalue weighted by atomic mass is 35.5. The summed E-state index contributed by atoms with van der Waals surface area (Å²) in [6.45, 7) is 0. The molecule has 5 nitrogen and oxygen atoms in total. The number of nitrogens with two attached hydrogens (primary N) is 1. The SMILES string of the molecule is NC(=O)c1ccc(Cl)cc1Nc1ccc(C(=O)O)c(Cl)c1. The van der Waals surface area contributed by atoms with Gasteiger partial charge in [-0.25, -0.2) is 4.79 Å². The quantitative estimate of drug-likeness (QED) is 0.802. The predicted molar refractivity (Wildman–Crippen MR) is 81.7 cm³/mol. The van der Waals surface area contributed by atoms with Gasteiger partial charge in [0.05, 0.1) is 21.8 Å². The standard InChI is InChI=1S/C14H10Cl2N2O3/c15-7-1-3-10(13(17)19)12(5-7)18-8-2-4-9(14(20)21)11(16)6-8/h1-6,18H,(H2,17,19)(H,20,21). The molecule has 2 aromatic carbocycles. The second kappa shape index (κ2) is 6.03. The molecule has 0 saturated heterocycles. The van der Waals surface area contributed by atoms with Gasteiger partial charge in [0, 0.05) is 10.7 Å². The van der Waals surface area contributed by atoms with Crippen molar-refractivity contribution in [3.63, 3.8) is 0 Å². The van der Waals surface area contributed by atoms with Gasteiger partial charge in [-0.05, 0) is 36.4 Å². The number of nitrogens with one attached hydrogen (secondary N) is 1. The second-order valence-electron chi connectivity index (χ2n) is 4.18. The van der Waals surface area contributed by atoms with Gasteiger partial charge >= 0.3 is 5.97 Å². The van der Waals surface area contributed by atoms with Gasteiger partial charge in [0.2, 0.25) is 0 Å². The van der Waals surface area contributed by atoms with E-state index in [0.29, 0.717) is 16.4 Å². The molecule has 0 spiro atoms. The number of carbonyl (C=O) groups excluding carboxylic acids is 1. The number of carboxylic acid groups (broad SMARTS) is 1. The first kappa shape index (κ1) is 15.2. The number of carbonyl (C=O) groups is 2. The van der Waals surface area contributed by atoms with E-state index in [4.69, 9.17) is 34.0 Å². The molecule has 0 aliphatic carbocycles. The molecule has 0 unspecified atom stereocenters. The average Bonchev–Trinajstić information content (AvgIpc) is 2.37. The number of rotatable bonds is 4. The van der Waals surface area contributed by atoms with Crippen LogP contribution in [0.15, 0.2) is 36.4 Å². The van der Waals surface area contributed by atoms with E-state index in [0.717, 1.165) is 0 Å². The Morgan fingerprint density at radius 1 is 1.05 bits per heavy atom. The number of hydrogen-bond donors (Lipinski definition) is 3. The average molecular weight is 325 g/mol. The van der Waals surface area contributed by atoms with Crippen molar-refractivity contribution >= 4 is 46.5 Å². The Morgan fingerprint density at radius 2 is 1.71 bits per heavy atom. The molecule has 0 saturated carbocycles. The van der Waals surface area contributed by atoms with Gasteiger partial charge in [0.15, 0.2) is 0 Å². The molecule has 2 aromatic rings. The summed E-state index contributed by atoms with van der Waals surface area (Å²) >= 11 is 11.8. The summed E-state index contributed by atoms with van der Waals surface area (Å²) in [6, 6.07) is 8.92. The first-order valence-corrected chi connectivity index (χ1v) is 6.53. The Balaban J connectivity index is 2.38. The van der Waals surface area contributed by atoms with Crippen molar-refractivity contribution in [2.45, 2.75) is 0 Å². The molecule has 0 bridgehead atoms. The van der Waals surface area contributed by atoms with E-state index in [1.165, 1.54) is 24.3 Å². The molecular formula is C14H10Cl2N2O3. The zero-order chi connectivity index (χ0) is 15.6. The minimum absolute atomic E-state index is 0.0107. The molecule has 7 heteroatoms. The summed E-state index contributed by atoms with van der Waals surface area (Å²) in [5.74, 6) is -1.73. The Morgan fingerprint density at radius 3 is 2.29 bits per heavy atom. The molecule has 0 aliphatic heterocycles. The lowest BCUT2D eigenvalue weighted by Crippen LogP contribution is -2.13. The minimum atomic E-state index is -1.12. The molecule has 0 atom stereocenters. The number of carboxylic acids is 1. The summed E-state index contributed by atoms with van der Waals surface area (Å²) in [4.78, 5) is 22.3. The summed E-state index contributed by atoms with van der Waals surface area (Å²) in [5.41, 5.74) is 6.46. The van der Waals surface area contributed by atoms with Crippen molar-refractivity contribution in [2.75, 3.05) is 5.32 Å². The van der Waals surface area contributed by atoms with Crippen molar-refractivity contribution in [1.82, 2.24) is 0 Å². The van der Waals surface area contributed by atoms with Gasteiger partial charge < -0.3 is 16.2 Å². The Bertz CT molecular complexity index is 732. The zero-order valence-corrected chi connectivity index (χ0v) is 12.1. The van der Waals surface area contributed by atoms with Crippen LogP contribution in [0.1, 0.15) is 20.7 Å². The van der Waals surface area contributed by atoms with Gasteiger partial charge in [0.25, 0.3) is 5.91 Å². The van der Waals surface area contributed by atoms with Crippen LogP contribution >= 0.6 is 23.2 Å². The van der Waals surface area contributed by atoms with Crippen LogP contribution in [0, 0.1) is 0 Å². The Labute approximate surface area is 130 Å². The number of benzene rings is 2. The normalized spacial score (nSPS) is 10.2. The van der Waals surface area contributed by atoms with Crippen molar-refractivity contribution < 1.29 is 14.7 Å². The van der Waals surface area contributed by atoms with E-state index < -0.39 is 11.9 Å². The highest BCUT2D eigenvalue weighted by Crippen LogP contribution is 2.27. The fourth-order valence-corrected chi connectivity index (χ4v) is 2.19. The summed E-state index contributed by atoms with van der Waals surface area (Å²) in [6.07, 6.45) is 0. The maximum absolute atomic E-state index is 11.4. The van der Waals surface area contributed by atoms with Crippen LogP contribution in [0.25, 0.3) is 0 Å². The Hall–Kier alpha value is -2.24. The van der Waals surface area contributed by atoms with Crippen LogP contribution in [0.4, 0.5) is 11.4 Å². The molecule has 2 rings (SSSR count). The van der Waals surface area contributed by atoms with Crippen LogP contribution in [-0.2, 0) is 0 Å². The third-order valence-corrected chi connectivity index (χ3v) is 3.27. The second-order valence-corrected chi connectivity index (χ2v) is 5.02. The van der Waals surface area contributed by atoms with Gasteiger partial charge in [-0.15, -0.1) is 0 Å². The highest BCUT2D eigenvalue weighted by molar-refractivity contribution is 6.33. The largest absolute Gasteiger partial charge is 0.478 e. The summed E-state index contributed by atoms with van der Waals surface area (Å²) < 4.78 is 0. The first-order chi connectivity index (χ1) is 9.88. The maximum Gasteiger partial charge on any atom is 0.337 e. The van der Waals surface area contributed by atoms with Gasteiger partial charge in [-0.3, -0.25) is 4.79 Å². The van der Waals surface area contributed by atoms with E-state index in [1.807, 2.05) is 0 Å². The van der Waals surface area contributed by atoms with Crippen molar-refractivity contribution in [3.05, 3.63) is 57.6 Å². The fraction of sp³-hybridized carbons (Fsp3) is 0. The molecular weight excluding hydrogens is 315 g/mol. The number of halogens is 2. The van der Waals surface area contributed by atoms with E-state index in [2.05, 4.69) is 5.32 Å². The molecule has 4 N–H and O–H groups in total. The number of anilines is 2. The van der Waals surface area contributed by atoms with E-state index in [-0.39, 0.29) is 16.1 Å². The molecule has 0 aromatic heterocycles. The maximum atomic E-state index is 11.4. The molecule has 0 radical (unpaired) electrons. The summed E-state index contributed by atoms with van der Waals surface area (Å²) in [5, 5.41) is 12.4. The smallest absolute Gasteiger partial charge is 0.337 e. The lowest BCUT2D eigenvalue weighted by molar-refractivity contribution is 0.0697. The molecule has 108 valence electrons. The first-order valence-electron chi connectivity index (χ1n) is 5.77. The lowest BCUT2D eigenvalue weighted by Gasteiger charge is -2.11. The van der Waals surface area contributed by atoms with Gasteiger partial charge in [-0.1, -0.05) is 23.2 Å². The number of hydrogen-bond acceptors (Lipinski definition) is 3. The monoisotopic (exact) mass is 324 g/mol.